The van der Waals surface area contributed by atoms with Crippen LogP contribution in [0.3, 0.4) is 0 Å². The van der Waals surface area contributed by atoms with Crippen LogP contribution >= 0.6 is 0 Å². The van der Waals surface area contributed by atoms with E-state index in [1.54, 1.807) is 37.3 Å². The summed E-state index contributed by atoms with van der Waals surface area (Å²) in [7, 11) is 0. The lowest BCUT2D eigenvalue weighted by atomic mass is 10.0. The van der Waals surface area contributed by atoms with E-state index in [1.165, 1.54) is 0 Å². The average Bonchev–Trinajstić information content (AvgIpc) is 2.56. The standard InChI is InChI=1S/C15H15N3O5/c1-2-23-15(21)13(17-16)14(20)18-11(8-22-9-12(18)19)10-6-4-3-5-7-10/h3-7,11H,2,8-9H2,1H3/p+1/t11-/m0/s1. The molecule has 23 heavy (non-hydrogen) atoms. The molecule has 8 nitrogen and oxygen atoms in total. The van der Waals surface area contributed by atoms with E-state index >= 15 is 0 Å². The summed E-state index contributed by atoms with van der Waals surface area (Å²) in [5.41, 5.74) is -0.0508. The van der Waals surface area contributed by atoms with Crippen molar-refractivity contribution in [2.75, 3.05) is 19.8 Å². The van der Waals surface area contributed by atoms with Crippen LogP contribution in [-0.4, -0.2) is 41.6 Å². The molecule has 1 aliphatic heterocycles. The van der Waals surface area contributed by atoms with Crippen LogP contribution in [0, 0.1) is 5.39 Å². The Bertz CT molecular complexity index is 665. The number of imide groups is 1. The minimum Gasteiger partial charge on any atom is -0.475 e. The zero-order chi connectivity index (χ0) is 16.8. The zero-order valence-electron chi connectivity index (χ0n) is 12.5. The first-order chi connectivity index (χ1) is 11.1. The monoisotopic (exact) mass is 318 g/mol. The fourth-order valence-electron chi connectivity index (χ4n) is 2.25. The van der Waals surface area contributed by atoms with Crippen LogP contribution in [-0.2, 0) is 19.1 Å². The third kappa shape index (κ3) is 3.46. The van der Waals surface area contributed by atoms with Crippen molar-refractivity contribution in [3.8, 4) is 0 Å². The molecule has 0 aromatic heterocycles. The number of hydrogen-bond acceptors (Lipinski definition) is 6. The number of carbonyl (C=O) groups excluding carboxylic acids is 2. The number of aliphatic hydroxyl groups is 1. The van der Waals surface area contributed by atoms with E-state index in [4.69, 9.17) is 14.9 Å². The molecular weight excluding hydrogens is 302 g/mol. The van der Waals surface area contributed by atoms with Crippen molar-refractivity contribution in [1.82, 2.24) is 4.90 Å². The Morgan fingerprint density at radius 2 is 2.17 bits per heavy atom. The van der Waals surface area contributed by atoms with Crippen LogP contribution in [0.25, 0.3) is 4.98 Å². The second-order valence-corrected chi connectivity index (χ2v) is 4.70. The first kappa shape index (κ1) is 16.5. The van der Waals surface area contributed by atoms with Gasteiger partial charge in [-0.05, 0) is 12.5 Å². The van der Waals surface area contributed by atoms with Gasteiger partial charge in [0, 0.05) is 0 Å². The predicted octanol–water partition coefficient (Wildman–Crippen LogP) is 1.73. The molecule has 1 fully saturated rings. The predicted molar refractivity (Wildman–Crippen MR) is 78.2 cm³/mol. The van der Waals surface area contributed by atoms with Gasteiger partial charge in [0.1, 0.15) is 6.61 Å². The molecule has 0 bridgehead atoms. The highest BCUT2D eigenvalue weighted by Crippen LogP contribution is 2.27. The van der Waals surface area contributed by atoms with Gasteiger partial charge in [0.25, 0.3) is 5.91 Å². The molecule has 1 saturated heterocycles. The maximum absolute atomic E-state index is 12.5. The number of diazo groups is 1. The lowest BCUT2D eigenvalue weighted by Crippen LogP contribution is -2.48. The number of nitrogens with zero attached hydrogens (tertiary/aromatic N) is 3. The minimum atomic E-state index is -0.958. The van der Waals surface area contributed by atoms with E-state index in [2.05, 4.69) is 4.98 Å². The molecule has 2 amide bonds. The highest BCUT2D eigenvalue weighted by atomic mass is 16.6. The van der Waals surface area contributed by atoms with Crippen molar-refractivity contribution in [2.24, 2.45) is 0 Å². The summed E-state index contributed by atoms with van der Waals surface area (Å²) >= 11 is 0. The maximum atomic E-state index is 12.5. The number of amides is 2. The van der Waals surface area contributed by atoms with Crippen LogP contribution in [0.1, 0.15) is 18.5 Å². The Morgan fingerprint density at radius 1 is 1.48 bits per heavy atom. The van der Waals surface area contributed by atoms with Gasteiger partial charge in [0.05, 0.1) is 19.3 Å². The second kappa shape index (κ2) is 7.38. The number of rotatable bonds is 4. The third-order valence-corrected chi connectivity index (χ3v) is 3.27. The van der Waals surface area contributed by atoms with Crippen LogP contribution in [0.2, 0.25) is 0 Å². The molecule has 0 unspecified atom stereocenters. The van der Waals surface area contributed by atoms with Crippen LogP contribution in [0.15, 0.2) is 42.0 Å². The van der Waals surface area contributed by atoms with E-state index in [0.29, 0.717) is 5.56 Å². The molecule has 0 radical (unpaired) electrons. The smallest absolute Gasteiger partial charge is 0.475 e. The molecule has 120 valence electrons. The van der Waals surface area contributed by atoms with Crippen molar-refractivity contribution in [3.63, 3.8) is 0 Å². The summed E-state index contributed by atoms with van der Waals surface area (Å²) in [6, 6.07) is 8.14. The molecule has 0 saturated carbocycles. The average molecular weight is 318 g/mol. The summed E-state index contributed by atoms with van der Waals surface area (Å²) in [6.07, 6.45) is 0. The van der Waals surface area contributed by atoms with Crippen molar-refractivity contribution in [3.05, 3.63) is 52.5 Å². The van der Waals surface area contributed by atoms with E-state index in [9.17, 15) is 14.7 Å². The van der Waals surface area contributed by atoms with Gasteiger partial charge in [0.15, 0.2) is 4.98 Å². The molecular formula is C15H16N3O5+. The number of carbonyl (C=O) groups is 2. The van der Waals surface area contributed by atoms with E-state index < -0.39 is 29.5 Å². The van der Waals surface area contributed by atoms with Gasteiger partial charge in [-0.3, -0.25) is 14.5 Å². The summed E-state index contributed by atoms with van der Waals surface area (Å²) in [5.74, 6) is -2.40. The van der Waals surface area contributed by atoms with Crippen molar-refractivity contribution >= 4 is 11.8 Å². The van der Waals surface area contributed by atoms with Gasteiger partial charge < -0.3 is 14.6 Å². The van der Waals surface area contributed by atoms with Gasteiger partial charge >= 0.3 is 17.5 Å². The summed E-state index contributed by atoms with van der Waals surface area (Å²) < 4.78 is 9.98. The molecule has 1 aromatic rings. The molecule has 2 rings (SSSR count). The Morgan fingerprint density at radius 3 is 2.78 bits per heavy atom. The molecule has 1 atom stereocenters. The fourth-order valence-corrected chi connectivity index (χ4v) is 2.25. The minimum absolute atomic E-state index is 0.0668. The van der Waals surface area contributed by atoms with Crippen LogP contribution in [0.4, 0.5) is 0 Å². The number of aliphatic hydroxyl groups excluding tert-OH is 1. The first-order valence-corrected chi connectivity index (χ1v) is 7.00. The van der Waals surface area contributed by atoms with Crippen LogP contribution in [0.5, 0.6) is 0 Å². The maximum Gasteiger partial charge on any atom is 0.528 e. The zero-order valence-corrected chi connectivity index (χ0v) is 12.5. The van der Waals surface area contributed by atoms with E-state index in [0.717, 1.165) is 4.90 Å². The normalized spacial score (nSPS) is 18.9. The van der Waals surface area contributed by atoms with Gasteiger partial charge in [-0.25, -0.2) is 0 Å². The third-order valence-electron chi connectivity index (χ3n) is 3.27. The number of morpholine rings is 1. The van der Waals surface area contributed by atoms with Crippen molar-refractivity contribution in [1.29, 1.82) is 5.39 Å². The lowest BCUT2D eigenvalue weighted by molar-refractivity contribution is -0.157. The Labute approximate surface area is 132 Å². The Kier molecular flexibility index (Phi) is 5.28. The highest BCUT2D eigenvalue weighted by Gasteiger charge is 2.44. The quantitative estimate of drug-likeness (QED) is 0.515. The lowest BCUT2D eigenvalue weighted by Gasteiger charge is -2.32. The molecule has 1 aromatic carbocycles. The molecule has 0 aliphatic carbocycles. The van der Waals surface area contributed by atoms with Crippen molar-refractivity contribution in [2.45, 2.75) is 13.0 Å². The largest absolute Gasteiger partial charge is 0.528 e. The summed E-state index contributed by atoms with van der Waals surface area (Å²) in [6.45, 7) is 1.48. The number of ether oxygens (including phenoxy) is 2. The summed E-state index contributed by atoms with van der Waals surface area (Å²) in [4.78, 5) is 28.3. The van der Waals surface area contributed by atoms with E-state index in [-0.39, 0.29) is 19.8 Å². The molecule has 1 aliphatic rings. The highest BCUT2D eigenvalue weighted by molar-refractivity contribution is 6.06. The topological polar surface area (TPSA) is 104 Å². The molecule has 0 spiro atoms. The summed E-state index contributed by atoms with van der Waals surface area (Å²) in [5, 5.41) is 18.7. The number of hydrogen-bond donors (Lipinski definition) is 1. The van der Waals surface area contributed by atoms with Crippen LogP contribution < -0.4 is 0 Å². The van der Waals surface area contributed by atoms with Gasteiger partial charge in [-0.15, -0.1) is 0 Å². The molecule has 1 heterocycles. The second-order valence-electron chi connectivity index (χ2n) is 4.70. The van der Waals surface area contributed by atoms with E-state index in [1.807, 2.05) is 0 Å². The van der Waals surface area contributed by atoms with Gasteiger partial charge in [-0.2, -0.15) is 0 Å². The van der Waals surface area contributed by atoms with Gasteiger partial charge in [-0.1, -0.05) is 30.3 Å². The number of benzene rings is 1. The molecule has 8 heteroatoms. The SMILES string of the molecule is CCO/C(O)=C(\[N+]#N)C(=O)N1C(=O)COC[C@H]1c1ccccc1. The van der Waals surface area contributed by atoms with Gasteiger partial charge in [0.2, 0.25) is 5.39 Å². The Balaban J connectivity index is 2.40. The first-order valence-electron chi connectivity index (χ1n) is 7.00. The fraction of sp³-hybridized carbons (Fsp3) is 0.333. The van der Waals surface area contributed by atoms with Crippen molar-refractivity contribution < 1.29 is 24.2 Å². The molecule has 1 N–H and O–H groups in total. The Hall–Kier alpha value is -2.92.